The molecule has 2 aliphatic heterocycles. The molecule has 4 amide bonds. The first-order chi connectivity index (χ1) is 23.7. The van der Waals surface area contributed by atoms with Gasteiger partial charge in [0.05, 0.1) is 18.4 Å². The second-order valence-corrected chi connectivity index (χ2v) is 16.8. The molecule has 4 aliphatic rings. The van der Waals surface area contributed by atoms with E-state index in [-0.39, 0.29) is 31.2 Å². The lowest BCUT2D eigenvalue weighted by molar-refractivity contribution is -0.142. The average Bonchev–Trinajstić information content (AvgIpc) is 3.95. The van der Waals surface area contributed by atoms with Crippen LogP contribution in [-0.4, -0.2) is 89.4 Å². The topological polar surface area (TPSA) is 193 Å². The molecule has 2 saturated carbocycles. The van der Waals surface area contributed by atoms with Crippen LogP contribution >= 0.6 is 0 Å². The van der Waals surface area contributed by atoms with Crippen LogP contribution in [0.5, 0.6) is 11.8 Å². The van der Waals surface area contributed by atoms with Gasteiger partial charge in [-0.25, -0.2) is 13.2 Å². The summed E-state index contributed by atoms with van der Waals surface area (Å²) in [6.07, 6.45) is 4.64. The minimum atomic E-state index is -4.00. The highest BCUT2D eigenvalue weighted by Gasteiger charge is 2.63. The maximum atomic E-state index is 14.3. The first-order valence-corrected chi connectivity index (χ1v) is 18.6. The molecule has 270 valence electrons. The summed E-state index contributed by atoms with van der Waals surface area (Å²) in [5.74, 6) is -2.27. The number of sulfonamides is 1. The van der Waals surface area contributed by atoms with Crippen LogP contribution in [-0.2, 0) is 24.4 Å². The van der Waals surface area contributed by atoms with E-state index in [0.717, 1.165) is 11.8 Å². The lowest BCUT2D eigenvalue weighted by atomic mass is 9.88. The zero-order chi connectivity index (χ0) is 36.0. The molecule has 4 N–H and O–H groups in total. The maximum absolute atomic E-state index is 14.3. The fraction of sp³-hybridized carbons (Fsp3) is 0.571. The smallest absolute Gasteiger partial charge is 0.405 e. The van der Waals surface area contributed by atoms with Crippen LogP contribution in [0.25, 0.3) is 10.8 Å². The third kappa shape index (κ3) is 6.96. The predicted octanol–water partition coefficient (Wildman–Crippen LogP) is 3.11. The monoisotopic (exact) mass is 711 g/mol. The number of hydrogen-bond donors (Lipinski definition) is 4. The lowest BCUT2D eigenvalue weighted by Crippen LogP contribution is -2.59. The van der Waals surface area contributed by atoms with Crippen molar-refractivity contribution in [2.45, 2.75) is 94.2 Å². The number of amides is 4. The molecule has 3 heterocycles. The van der Waals surface area contributed by atoms with Gasteiger partial charge >= 0.3 is 6.09 Å². The summed E-state index contributed by atoms with van der Waals surface area (Å²) in [6.45, 7) is 5.34. The van der Waals surface area contributed by atoms with Crippen LogP contribution in [0.15, 0.2) is 42.5 Å². The van der Waals surface area contributed by atoms with Crippen LogP contribution in [0.4, 0.5) is 4.79 Å². The van der Waals surface area contributed by atoms with Gasteiger partial charge < -0.3 is 30.1 Å². The highest BCUT2D eigenvalue weighted by atomic mass is 32.2. The molecule has 14 nitrogen and oxygen atoms in total. The summed E-state index contributed by atoms with van der Waals surface area (Å²) < 4.78 is 39.1. The number of carbonyl (C=O) groups excluding carboxylic acids is 3. The third-order valence-corrected chi connectivity index (χ3v) is 12.9. The Balaban J connectivity index is 1.35. The van der Waals surface area contributed by atoms with Gasteiger partial charge in [0.15, 0.2) is 0 Å². The third-order valence-electron chi connectivity index (χ3n) is 10.7. The SMILES string of the molecule is COc1cc2ccccc2c(O[C@@H]2C[C@H]3C(=O)NC4(C(=O)NS(=O)(=O)C5(C)CC5)CC4/C=C\CC[C@H](C)C[C@@H](C)[C@H](NC(=O)O)C(=O)N3C2)n1. The maximum Gasteiger partial charge on any atom is 0.405 e. The quantitative estimate of drug-likeness (QED) is 0.310. The van der Waals surface area contributed by atoms with E-state index in [9.17, 15) is 32.7 Å². The number of methoxy groups -OCH3 is 1. The van der Waals surface area contributed by atoms with Crippen molar-refractivity contribution in [3.05, 3.63) is 42.5 Å². The molecule has 2 unspecified atom stereocenters. The van der Waals surface area contributed by atoms with Gasteiger partial charge in [-0.15, -0.1) is 0 Å². The van der Waals surface area contributed by atoms with Crippen LogP contribution < -0.4 is 24.8 Å². The van der Waals surface area contributed by atoms with Crippen molar-refractivity contribution < 1.29 is 42.2 Å². The second-order valence-electron chi connectivity index (χ2n) is 14.6. The zero-order valence-electron chi connectivity index (χ0n) is 28.7. The number of rotatable bonds is 7. The largest absolute Gasteiger partial charge is 0.481 e. The van der Waals surface area contributed by atoms with Gasteiger partial charge in [0.1, 0.15) is 23.7 Å². The van der Waals surface area contributed by atoms with Crippen LogP contribution in [0, 0.1) is 17.8 Å². The van der Waals surface area contributed by atoms with Crippen LogP contribution in [0.2, 0.25) is 0 Å². The predicted molar refractivity (Wildman–Crippen MR) is 183 cm³/mol. The summed E-state index contributed by atoms with van der Waals surface area (Å²) >= 11 is 0. The first-order valence-electron chi connectivity index (χ1n) is 17.1. The van der Waals surface area contributed by atoms with E-state index in [1.165, 1.54) is 12.0 Å². The van der Waals surface area contributed by atoms with Crippen molar-refractivity contribution >= 4 is 44.6 Å². The number of nitrogens with one attached hydrogen (secondary N) is 3. The number of fused-ring (bicyclic) bond motifs is 3. The highest BCUT2D eigenvalue weighted by molar-refractivity contribution is 7.91. The molecule has 2 aliphatic carbocycles. The lowest BCUT2D eigenvalue weighted by Gasteiger charge is -2.32. The molecule has 1 aromatic carbocycles. The standard InChI is InChI=1S/C35H45N5O9S/c1-20-9-5-7-11-23-18-35(23,32(43)39-50(46,47)34(3)13-14-34)38-29(41)26-17-24(19-40(26)31(42)28(21(2)15-20)37-33(44)45)49-30-25-12-8-6-10-22(25)16-27(36-30)48-4/h6-8,10-12,16,20-21,23-24,26,28,37H,5,9,13-15,17-19H2,1-4H3,(H,38,41)(H,39,43)(H,44,45)/b11-7-/t20-,21+,23?,24+,26-,28-,35?/m0/s1. The molecule has 1 saturated heterocycles. The zero-order valence-corrected chi connectivity index (χ0v) is 29.5. The van der Waals surface area contributed by atoms with Gasteiger partial charge in [0.25, 0.3) is 5.91 Å². The number of ether oxygens (including phenoxy) is 2. The van der Waals surface area contributed by atoms with E-state index >= 15 is 0 Å². The molecule has 7 atom stereocenters. The number of allylic oxidation sites excluding steroid dienone is 1. The molecule has 50 heavy (non-hydrogen) atoms. The van der Waals surface area contributed by atoms with Crippen LogP contribution in [0.1, 0.15) is 65.7 Å². The van der Waals surface area contributed by atoms with Gasteiger partial charge in [-0.2, -0.15) is 4.98 Å². The Morgan fingerprint density at radius 1 is 1.14 bits per heavy atom. The van der Waals surface area contributed by atoms with Crippen LogP contribution in [0.3, 0.4) is 0 Å². The van der Waals surface area contributed by atoms with Crippen molar-refractivity contribution in [2.75, 3.05) is 13.7 Å². The number of carboxylic acid groups (broad SMARTS) is 1. The molecule has 2 aromatic rings. The number of nitrogens with zero attached hydrogens (tertiary/aromatic N) is 2. The summed E-state index contributed by atoms with van der Waals surface area (Å²) in [4.78, 5) is 60.2. The van der Waals surface area contributed by atoms with E-state index in [0.29, 0.717) is 36.9 Å². The average molecular weight is 712 g/mol. The summed E-state index contributed by atoms with van der Waals surface area (Å²) in [5.41, 5.74) is -1.54. The second kappa shape index (κ2) is 13.4. The molecule has 6 rings (SSSR count). The molecule has 0 radical (unpaired) electrons. The van der Waals surface area contributed by atoms with Gasteiger partial charge in [-0.05, 0) is 68.7 Å². The fourth-order valence-corrected chi connectivity index (χ4v) is 8.54. The molecule has 0 bridgehead atoms. The van der Waals surface area contributed by atoms with E-state index in [4.69, 9.17) is 9.47 Å². The Morgan fingerprint density at radius 3 is 2.58 bits per heavy atom. The van der Waals surface area contributed by atoms with Crippen molar-refractivity contribution in [3.8, 4) is 11.8 Å². The molecule has 0 spiro atoms. The van der Waals surface area contributed by atoms with Gasteiger partial charge in [-0.3, -0.25) is 19.1 Å². The number of carbonyl (C=O) groups is 4. The normalized spacial score (nSPS) is 31.6. The minimum absolute atomic E-state index is 0.00391. The van der Waals surface area contributed by atoms with Crippen molar-refractivity contribution in [1.29, 1.82) is 0 Å². The molecule has 1 aromatic heterocycles. The number of aromatic nitrogens is 1. The summed E-state index contributed by atoms with van der Waals surface area (Å²) in [7, 11) is -2.51. The number of benzene rings is 1. The molecule has 15 heteroatoms. The first kappa shape index (κ1) is 35.4. The number of pyridine rings is 1. The van der Waals surface area contributed by atoms with Crippen molar-refractivity contribution in [1.82, 2.24) is 25.2 Å². The van der Waals surface area contributed by atoms with Gasteiger partial charge in [0.2, 0.25) is 33.6 Å². The Hall–Kier alpha value is -4.40. The van der Waals surface area contributed by atoms with Gasteiger partial charge in [-0.1, -0.05) is 44.2 Å². The van der Waals surface area contributed by atoms with E-state index in [2.05, 4.69) is 20.3 Å². The summed E-state index contributed by atoms with van der Waals surface area (Å²) in [6, 6.07) is 6.84. The minimum Gasteiger partial charge on any atom is -0.481 e. The van der Waals surface area contributed by atoms with E-state index in [1.807, 2.05) is 50.3 Å². The Kier molecular flexibility index (Phi) is 9.48. The molecular weight excluding hydrogens is 666 g/mol. The molecule has 3 fully saturated rings. The van der Waals surface area contributed by atoms with E-state index < -0.39 is 74.1 Å². The summed E-state index contributed by atoms with van der Waals surface area (Å²) in [5, 5.41) is 16.5. The van der Waals surface area contributed by atoms with Crippen molar-refractivity contribution in [2.24, 2.45) is 17.8 Å². The van der Waals surface area contributed by atoms with Crippen molar-refractivity contribution in [3.63, 3.8) is 0 Å². The molecular formula is C35H45N5O9S. The Bertz CT molecular complexity index is 1830. The fourth-order valence-electron chi connectivity index (χ4n) is 7.23. The number of hydrogen-bond acceptors (Lipinski definition) is 9. The van der Waals surface area contributed by atoms with E-state index in [1.54, 1.807) is 13.0 Å². The Morgan fingerprint density at radius 2 is 1.88 bits per heavy atom. The Labute approximate surface area is 291 Å². The van der Waals surface area contributed by atoms with Gasteiger partial charge in [0, 0.05) is 23.8 Å². The highest BCUT2D eigenvalue weighted by Crippen LogP contribution is 2.47.